The van der Waals surface area contributed by atoms with Crippen molar-refractivity contribution in [2.75, 3.05) is 26.9 Å². The molecule has 58 heavy (non-hydrogen) atoms. The zero-order valence-electron chi connectivity index (χ0n) is 30.7. The monoisotopic (exact) mass is 810 g/mol. The van der Waals surface area contributed by atoms with Gasteiger partial charge in [-0.1, -0.05) is 30.3 Å². The molecule has 3 aromatic rings. The van der Waals surface area contributed by atoms with Gasteiger partial charge in [-0.2, -0.15) is 0 Å². The van der Waals surface area contributed by atoms with Crippen molar-refractivity contribution < 1.29 is 88.4 Å². The van der Waals surface area contributed by atoms with Crippen LogP contribution in [0.3, 0.4) is 0 Å². The first-order valence-electron chi connectivity index (χ1n) is 17.6. The number of ether oxygens (including phenoxy) is 7. The molecule has 18 nitrogen and oxygen atoms in total. The van der Waals surface area contributed by atoms with E-state index in [0.717, 1.165) is 18.2 Å². The summed E-state index contributed by atoms with van der Waals surface area (Å²) in [6.07, 6.45) is -7.64. The molecule has 5 rings (SSSR count). The second-order valence-electron chi connectivity index (χ2n) is 13.0. The van der Waals surface area contributed by atoms with Crippen LogP contribution in [-0.4, -0.2) is 140 Å². The Bertz CT molecular complexity index is 1960. The summed E-state index contributed by atoms with van der Waals surface area (Å²) in [5, 5.41) is 83.1. The summed E-state index contributed by atoms with van der Waals surface area (Å²) in [5.41, 5.74) is 1.48. The van der Waals surface area contributed by atoms with Crippen LogP contribution in [0.1, 0.15) is 16.7 Å². The average molecular weight is 811 g/mol. The lowest BCUT2D eigenvalue weighted by atomic mass is 9.98. The molecule has 2 saturated heterocycles. The number of benzene rings is 3. The van der Waals surface area contributed by atoms with Gasteiger partial charge in [-0.3, -0.25) is 0 Å². The molecule has 2 fully saturated rings. The van der Waals surface area contributed by atoms with Crippen molar-refractivity contribution in [2.45, 2.75) is 54.8 Å². The Kier molecular flexibility index (Phi) is 14.6. The first-order valence-corrected chi connectivity index (χ1v) is 17.6. The van der Waals surface area contributed by atoms with Crippen LogP contribution < -0.4 is 4.74 Å². The Hall–Kier alpha value is -5.83. The number of rotatable bonds is 15. The lowest BCUT2D eigenvalue weighted by Gasteiger charge is -2.43. The Balaban J connectivity index is 1.31. The van der Waals surface area contributed by atoms with Gasteiger partial charge in [-0.15, -0.1) is 0 Å². The van der Waals surface area contributed by atoms with Gasteiger partial charge in [0.1, 0.15) is 67.9 Å². The van der Waals surface area contributed by atoms with Crippen LogP contribution in [0.4, 0.5) is 0 Å². The van der Waals surface area contributed by atoms with Gasteiger partial charge in [-0.25, -0.2) is 14.4 Å². The summed E-state index contributed by atoms with van der Waals surface area (Å²) >= 11 is 0. The van der Waals surface area contributed by atoms with E-state index >= 15 is 0 Å². The lowest BCUT2D eigenvalue weighted by Crippen LogP contribution is -2.63. The summed E-state index contributed by atoms with van der Waals surface area (Å²) in [6.45, 7) is -2.56. The molecule has 0 radical (unpaired) electrons. The predicted molar refractivity (Wildman–Crippen MR) is 198 cm³/mol. The fourth-order valence-electron chi connectivity index (χ4n) is 5.80. The number of aliphatic hydroxyl groups is 5. The highest BCUT2D eigenvalue weighted by atomic mass is 16.8. The lowest BCUT2D eigenvalue weighted by molar-refractivity contribution is -0.383. The van der Waals surface area contributed by atoms with Crippen LogP contribution in [0.15, 0.2) is 85.0 Å². The molecule has 8 N–H and O–H groups in total. The van der Waals surface area contributed by atoms with Gasteiger partial charge in [0.15, 0.2) is 23.9 Å². The number of phenols is 3. The molecular formula is C40H42O18. The number of phenolic OH excluding ortho intramolecular Hbond substituents is 3. The highest BCUT2D eigenvalue weighted by Crippen LogP contribution is 2.38. The summed E-state index contributed by atoms with van der Waals surface area (Å²) in [5.74, 6) is -5.43. The van der Waals surface area contributed by atoms with E-state index in [1.165, 1.54) is 92.1 Å². The molecule has 0 bridgehead atoms. The molecule has 3 aromatic carbocycles. The van der Waals surface area contributed by atoms with Crippen LogP contribution in [0.5, 0.6) is 23.0 Å². The molecule has 0 aliphatic carbocycles. The quantitative estimate of drug-likeness (QED) is 0.0590. The van der Waals surface area contributed by atoms with Gasteiger partial charge >= 0.3 is 17.9 Å². The van der Waals surface area contributed by atoms with Crippen molar-refractivity contribution in [1.82, 2.24) is 0 Å². The maximum absolute atomic E-state index is 13.0. The summed E-state index contributed by atoms with van der Waals surface area (Å²) < 4.78 is 38.3. The highest BCUT2D eigenvalue weighted by Gasteiger charge is 2.61. The zero-order valence-corrected chi connectivity index (χ0v) is 30.7. The summed E-state index contributed by atoms with van der Waals surface area (Å²) in [7, 11) is 1.35. The van der Waals surface area contributed by atoms with Crippen molar-refractivity contribution in [1.29, 1.82) is 0 Å². The molecule has 0 amide bonds. The van der Waals surface area contributed by atoms with Crippen LogP contribution in [0.2, 0.25) is 0 Å². The normalized spacial score (nSPS) is 27.2. The van der Waals surface area contributed by atoms with Crippen LogP contribution in [-0.2, 0) is 42.8 Å². The molecule has 0 unspecified atom stereocenters. The van der Waals surface area contributed by atoms with Gasteiger partial charge in [-0.05, 0) is 71.3 Å². The van der Waals surface area contributed by atoms with Gasteiger partial charge < -0.3 is 74.0 Å². The number of aromatic hydroxyl groups is 3. The minimum Gasteiger partial charge on any atom is -0.508 e. The van der Waals surface area contributed by atoms with E-state index in [9.17, 15) is 55.2 Å². The maximum Gasteiger partial charge on any atom is 0.331 e. The van der Waals surface area contributed by atoms with E-state index in [1.807, 2.05) is 0 Å². The third-order valence-corrected chi connectivity index (χ3v) is 8.93. The van der Waals surface area contributed by atoms with Gasteiger partial charge in [0.05, 0.1) is 7.11 Å². The minimum atomic E-state index is -2.57. The third-order valence-electron chi connectivity index (χ3n) is 8.93. The Morgan fingerprint density at radius 3 is 1.74 bits per heavy atom. The van der Waals surface area contributed by atoms with E-state index in [4.69, 9.17) is 33.2 Å². The summed E-state index contributed by atoms with van der Waals surface area (Å²) in [6, 6.07) is 15.9. The third kappa shape index (κ3) is 11.0. The molecular weight excluding hydrogens is 768 g/mol. The molecule has 2 aliphatic rings. The standard InChI is InChI=1S/C40H42O18/c1-52-28-18-24(6-14-27(28)44)9-16-32(46)53-19-29-34(48)36(50)37(51)39(55-29)58-40(21-41)38(56-33(47)17-8-23-4-12-26(43)13-5-23)35(49)30(57-40)20-54-31(45)15-7-22-2-10-25(42)11-3-22/h2-18,29-30,34-39,41-44,48-51H,19-21H2,1H3/b15-7-,16-9+,17-8-/t29-,30-,34-,35-,36+,37-,38+,39-,40+/m1/s1. The van der Waals surface area contributed by atoms with E-state index in [1.54, 1.807) is 0 Å². The molecule has 0 aromatic heterocycles. The largest absolute Gasteiger partial charge is 0.508 e. The fourth-order valence-corrected chi connectivity index (χ4v) is 5.80. The second-order valence-corrected chi connectivity index (χ2v) is 13.0. The van der Waals surface area contributed by atoms with Crippen LogP contribution in [0.25, 0.3) is 18.2 Å². The number of hydrogen-bond acceptors (Lipinski definition) is 18. The van der Waals surface area contributed by atoms with Crippen molar-refractivity contribution in [2.24, 2.45) is 0 Å². The molecule has 310 valence electrons. The Labute approximate surface area is 330 Å². The maximum atomic E-state index is 13.0. The SMILES string of the molecule is COc1cc(/C=C/C(=O)OC[C@H]2O[C@H](O[C@]3(CO)O[C@H](COC(=O)/C=C\c4ccc(O)cc4)[C@@H](O)[C@@H]3OC(=O)/C=C\c3ccc(O)cc3)[C@H](O)[C@@H](O)[C@@H]2O)ccc1O. The molecule has 2 aliphatic heterocycles. The van der Waals surface area contributed by atoms with Crippen molar-refractivity contribution in [3.63, 3.8) is 0 Å². The second kappa shape index (κ2) is 19.5. The average Bonchev–Trinajstić information content (AvgIpc) is 3.47. The van der Waals surface area contributed by atoms with Crippen molar-refractivity contribution >= 4 is 36.1 Å². The zero-order chi connectivity index (χ0) is 42.0. The van der Waals surface area contributed by atoms with Gasteiger partial charge in [0.25, 0.3) is 0 Å². The molecule has 2 heterocycles. The molecule has 0 saturated carbocycles. The molecule has 9 atom stereocenters. The van der Waals surface area contributed by atoms with Crippen LogP contribution in [0, 0.1) is 0 Å². The Morgan fingerprint density at radius 2 is 1.19 bits per heavy atom. The molecule has 0 spiro atoms. The summed E-state index contributed by atoms with van der Waals surface area (Å²) in [4.78, 5) is 38.1. The molecule has 18 heteroatoms. The van der Waals surface area contributed by atoms with E-state index in [-0.39, 0.29) is 23.0 Å². The number of carbonyl (C=O) groups excluding carboxylic acids is 3. The van der Waals surface area contributed by atoms with Crippen LogP contribution >= 0.6 is 0 Å². The van der Waals surface area contributed by atoms with Gasteiger partial charge in [0, 0.05) is 18.2 Å². The van der Waals surface area contributed by atoms with E-state index in [2.05, 4.69) is 0 Å². The number of methoxy groups -OCH3 is 1. The highest BCUT2D eigenvalue weighted by molar-refractivity contribution is 5.88. The topological polar surface area (TPSA) is 278 Å². The number of aliphatic hydroxyl groups excluding tert-OH is 5. The minimum absolute atomic E-state index is 0.0149. The number of hydrogen-bond donors (Lipinski definition) is 8. The van der Waals surface area contributed by atoms with E-state index in [0.29, 0.717) is 16.7 Å². The first-order chi connectivity index (χ1) is 27.7. The number of carbonyl (C=O) groups is 3. The van der Waals surface area contributed by atoms with Gasteiger partial charge in [0.2, 0.25) is 5.79 Å². The fraction of sp³-hybridized carbons (Fsp3) is 0.325. The van der Waals surface area contributed by atoms with Crippen molar-refractivity contribution in [3.8, 4) is 23.0 Å². The smallest absolute Gasteiger partial charge is 0.331 e. The number of esters is 3. The van der Waals surface area contributed by atoms with Crippen molar-refractivity contribution in [3.05, 3.63) is 102 Å². The first kappa shape index (κ1) is 43.3. The predicted octanol–water partition coefficient (Wildman–Crippen LogP) is 0.523. The Morgan fingerprint density at radius 1 is 0.672 bits per heavy atom. The van der Waals surface area contributed by atoms with E-state index < -0.39 is 92.5 Å².